The molecule has 0 fully saturated rings. The second kappa shape index (κ2) is 5.87. The van der Waals surface area contributed by atoms with Gasteiger partial charge in [-0.1, -0.05) is 36.4 Å². The summed E-state index contributed by atoms with van der Waals surface area (Å²) in [7, 11) is -3.44. The Morgan fingerprint density at radius 1 is 1.10 bits per heavy atom. The number of fused-ring (bicyclic) bond motifs is 1. The summed E-state index contributed by atoms with van der Waals surface area (Å²) in [5, 5.41) is 3.20. The molecule has 0 aromatic heterocycles. The molecule has 21 heavy (non-hydrogen) atoms. The topological polar surface area (TPSA) is 58.2 Å². The minimum atomic E-state index is -3.44. The van der Waals surface area contributed by atoms with Crippen LogP contribution in [0.1, 0.15) is 11.1 Å². The third-order valence-electron chi connectivity index (χ3n) is 3.65. The first-order valence-corrected chi connectivity index (χ1v) is 8.54. The maximum absolute atomic E-state index is 12.3. The molecule has 3 rings (SSSR count). The monoisotopic (exact) mass is 302 g/mol. The average Bonchev–Trinajstić information content (AvgIpc) is 2.95. The zero-order valence-corrected chi connectivity index (χ0v) is 12.5. The van der Waals surface area contributed by atoms with Gasteiger partial charge in [0.25, 0.3) is 0 Å². The van der Waals surface area contributed by atoms with Crippen LogP contribution in [0.5, 0.6) is 0 Å². The highest BCUT2D eigenvalue weighted by Crippen LogP contribution is 2.25. The number of nitrogens with one attached hydrogen (secondary N) is 2. The van der Waals surface area contributed by atoms with E-state index in [0.717, 1.165) is 24.2 Å². The molecule has 4 nitrogen and oxygen atoms in total. The van der Waals surface area contributed by atoms with Crippen LogP contribution in [-0.2, 0) is 22.9 Å². The van der Waals surface area contributed by atoms with Gasteiger partial charge in [0.2, 0.25) is 10.0 Å². The Morgan fingerprint density at radius 2 is 1.90 bits per heavy atom. The van der Waals surface area contributed by atoms with Crippen molar-refractivity contribution in [2.45, 2.75) is 17.7 Å². The van der Waals surface area contributed by atoms with Gasteiger partial charge in [0.15, 0.2) is 0 Å². The van der Waals surface area contributed by atoms with Crippen molar-refractivity contribution >= 4 is 15.7 Å². The van der Waals surface area contributed by atoms with Crippen LogP contribution in [0.4, 0.5) is 5.69 Å². The SMILES string of the molecule is O=S(=O)(NCCc1ccccc1)c1ccc2c(c1)NCC2. The lowest BCUT2D eigenvalue weighted by atomic mass is 10.2. The number of sulfonamides is 1. The molecule has 0 radical (unpaired) electrons. The predicted octanol–water partition coefficient (Wildman–Crippen LogP) is 2.18. The molecule has 0 saturated carbocycles. The van der Waals surface area contributed by atoms with Gasteiger partial charge in [0.1, 0.15) is 0 Å². The van der Waals surface area contributed by atoms with Gasteiger partial charge in [-0.3, -0.25) is 0 Å². The summed E-state index contributed by atoms with van der Waals surface area (Å²) in [5.74, 6) is 0. The molecular weight excluding hydrogens is 284 g/mol. The predicted molar refractivity (Wildman–Crippen MR) is 84.0 cm³/mol. The fraction of sp³-hybridized carbons (Fsp3) is 0.250. The summed E-state index contributed by atoms with van der Waals surface area (Å²) in [6, 6.07) is 15.1. The van der Waals surface area contributed by atoms with Crippen molar-refractivity contribution in [3.05, 3.63) is 59.7 Å². The Bertz CT molecular complexity index is 727. The molecule has 0 amide bonds. The fourth-order valence-corrected chi connectivity index (χ4v) is 3.55. The van der Waals surface area contributed by atoms with Crippen molar-refractivity contribution in [1.82, 2.24) is 4.72 Å². The van der Waals surface area contributed by atoms with E-state index in [4.69, 9.17) is 0 Å². The quantitative estimate of drug-likeness (QED) is 0.890. The molecule has 1 aliphatic rings. The summed E-state index contributed by atoms with van der Waals surface area (Å²) < 4.78 is 27.2. The van der Waals surface area contributed by atoms with Gasteiger partial charge in [0.05, 0.1) is 4.90 Å². The maximum atomic E-state index is 12.3. The normalized spacial score (nSPS) is 13.7. The highest BCUT2D eigenvalue weighted by Gasteiger charge is 2.17. The van der Waals surface area contributed by atoms with Crippen molar-refractivity contribution in [2.24, 2.45) is 0 Å². The molecule has 0 bridgehead atoms. The molecule has 2 N–H and O–H groups in total. The number of benzene rings is 2. The van der Waals surface area contributed by atoms with E-state index < -0.39 is 10.0 Å². The van der Waals surface area contributed by atoms with Crippen molar-refractivity contribution in [3.63, 3.8) is 0 Å². The summed E-state index contributed by atoms with van der Waals surface area (Å²) >= 11 is 0. The minimum absolute atomic E-state index is 0.323. The minimum Gasteiger partial charge on any atom is -0.384 e. The van der Waals surface area contributed by atoms with E-state index in [0.29, 0.717) is 17.9 Å². The van der Waals surface area contributed by atoms with Gasteiger partial charge in [-0.25, -0.2) is 13.1 Å². The lowest BCUT2D eigenvalue weighted by Gasteiger charge is -2.08. The van der Waals surface area contributed by atoms with E-state index in [9.17, 15) is 8.42 Å². The van der Waals surface area contributed by atoms with E-state index >= 15 is 0 Å². The van der Waals surface area contributed by atoms with Crippen LogP contribution in [0.25, 0.3) is 0 Å². The largest absolute Gasteiger partial charge is 0.384 e. The smallest absolute Gasteiger partial charge is 0.240 e. The molecule has 0 unspecified atom stereocenters. The molecule has 0 aliphatic carbocycles. The van der Waals surface area contributed by atoms with E-state index in [1.807, 2.05) is 36.4 Å². The lowest BCUT2D eigenvalue weighted by Crippen LogP contribution is -2.26. The van der Waals surface area contributed by atoms with E-state index in [-0.39, 0.29) is 0 Å². The lowest BCUT2D eigenvalue weighted by molar-refractivity contribution is 0.581. The van der Waals surface area contributed by atoms with Gasteiger partial charge in [-0.05, 0) is 36.1 Å². The molecule has 110 valence electrons. The van der Waals surface area contributed by atoms with Gasteiger partial charge in [0, 0.05) is 18.8 Å². The van der Waals surface area contributed by atoms with Gasteiger partial charge >= 0.3 is 0 Å². The second-order valence-electron chi connectivity index (χ2n) is 5.13. The Labute approximate surface area is 125 Å². The fourth-order valence-electron chi connectivity index (χ4n) is 2.49. The number of anilines is 1. The third-order valence-corrected chi connectivity index (χ3v) is 5.11. The van der Waals surface area contributed by atoms with Gasteiger partial charge in [-0.2, -0.15) is 0 Å². The first-order valence-electron chi connectivity index (χ1n) is 7.05. The number of hydrogen-bond acceptors (Lipinski definition) is 3. The molecule has 5 heteroatoms. The summed E-state index contributed by atoms with van der Waals surface area (Å²) in [4.78, 5) is 0.323. The third kappa shape index (κ3) is 3.25. The van der Waals surface area contributed by atoms with Gasteiger partial charge in [-0.15, -0.1) is 0 Å². The van der Waals surface area contributed by atoms with Crippen molar-refractivity contribution in [3.8, 4) is 0 Å². The molecule has 2 aromatic rings. The van der Waals surface area contributed by atoms with Crippen LogP contribution in [0.2, 0.25) is 0 Å². The Morgan fingerprint density at radius 3 is 2.71 bits per heavy atom. The molecule has 0 spiro atoms. The molecule has 0 atom stereocenters. The van der Waals surface area contributed by atoms with Crippen LogP contribution in [-0.4, -0.2) is 21.5 Å². The van der Waals surface area contributed by atoms with Crippen molar-refractivity contribution in [1.29, 1.82) is 0 Å². The van der Waals surface area contributed by atoms with E-state index in [2.05, 4.69) is 10.0 Å². The van der Waals surface area contributed by atoms with E-state index in [1.165, 1.54) is 5.56 Å². The van der Waals surface area contributed by atoms with Crippen LogP contribution in [0, 0.1) is 0 Å². The highest BCUT2D eigenvalue weighted by molar-refractivity contribution is 7.89. The van der Waals surface area contributed by atoms with Crippen LogP contribution >= 0.6 is 0 Å². The number of rotatable bonds is 5. The maximum Gasteiger partial charge on any atom is 0.240 e. The summed E-state index contributed by atoms with van der Waals surface area (Å²) in [6.45, 7) is 1.27. The van der Waals surface area contributed by atoms with Crippen molar-refractivity contribution in [2.75, 3.05) is 18.4 Å². The number of hydrogen-bond donors (Lipinski definition) is 2. The molecule has 2 aromatic carbocycles. The summed E-state index contributed by atoms with van der Waals surface area (Å²) in [5.41, 5.74) is 3.23. The Hall–Kier alpha value is -1.85. The molecular formula is C16H18N2O2S. The second-order valence-corrected chi connectivity index (χ2v) is 6.90. The van der Waals surface area contributed by atoms with Crippen LogP contribution in [0.3, 0.4) is 0 Å². The van der Waals surface area contributed by atoms with Crippen LogP contribution < -0.4 is 10.0 Å². The highest BCUT2D eigenvalue weighted by atomic mass is 32.2. The van der Waals surface area contributed by atoms with Gasteiger partial charge < -0.3 is 5.32 Å². The van der Waals surface area contributed by atoms with E-state index in [1.54, 1.807) is 12.1 Å². The zero-order chi connectivity index (χ0) is 14.7. The zero-order valence-electron chi connectivity index (χ0n) is 11.7. The molecule has 1 aliphatic heterocycles. The first kappa shape index (κ1) is 14.1. The molecule has 0 saturated heterocycles. The average molecular weight is 302 g/mol. The Balaban J connectivity index is 1.67. The Kier molecular flexibility index (Phi) is 3.94. The summed E-state index contributed by atoms with van der Waals surface area (Å²) in [6.07, 6.45) is 1.64. The van der Waals surface area contributed by atoms with Crippen LogP contribution in [0.15, 0.2) is 53.4 Å². The standard InChI is InChI=1S/C16H18N2O2S/c19-21(20,18-11-8-13-4-2-1-3-5-13)15-7-6-14-9-10-17-16(14)12-15/h1-7,12,17-18H,8-11H2. The first-order chi connectivity index (χ1) is 10.1. The molecule has 1 heterocycles. The van der Waals surface area contributed by atoms with Crippen molar-refractivity contribution < 1.29 is 8.42 Å².